The molecule has 1 atom stereocenters. The summed E-state index contributed by atoms with van der Waals surface area (Å²) >= 11 is 0. The van der Waals surface area contributed by atoms with Crippen molar-refractivity contribution in [2.24, 2.45) is 7.05 Å². The van der Waals surface area contributed by atoms with Gasteiger partial charge in [-0.15, -0.1) is 0 Å². The quantitative estimate of drug-likeness (QED) is 0.837. The fourth-order valence-corrected chi connectivity index (χ4v) is 2.05. The van der Waals surface area contributed by atoms with Gasteiger partial charge in [0, 0.05) is 25.0 Å². The third-order valence-electron chi connectivity index (χ3n) is 3.37. The van der Waals surface area contributed by atoms with E-state index in [0.29, 0.717) is 0 Å². The highest BCUT2D eigenvalue weighted by Crippen LogP contribution is 2.06. The molecule has 0 saturated heterocycles. The zero-order valence-electron chi connectivity index (χ0n) is 12.5. The summed E-state index contributed by atoms with van der Waals surface area (Å²) in [5.41, 5.74) is 1.12. The van der Waals surface area contributed by atoms with Crippen molar-refractivity contribution < 1.29 is 14.7 Å². The summed E-state index contributed by atoms with van der Waals surface area (Å²) in [5, 5.41) is 11.6. The van der Waals surface area contributed by atoms with Crippen LogP contribution in [0.1, 0.15) is 40.0 Å². The topological polar surface area (TPSA) is 97.1 Å². The van der Waals surface area contributed by atoms with Crippen molar-refractivity contribution in [3.8, 4) is 0 Å². The van der Waals surface area contributed by atoms with Crippen molar-refractivity contribution in [2.75, 3.05) is 0 Å². The van der Waals surface area contributed by atoms with E-state index in [1.54, 1.807) is 0 Å². The molecule has 0 aliphatic carbocycles. The van der Waals surface area contributed by atoms with Crippen molar-refractivity contribution >= 4 is 11.9 Å². The van der Waals surface area contributed by atoms with Crippen LogP contribution in [-0.4, -0.2) is 37.6 Å². The first-order valence-electron chi connectivity index (χ1n) is 6.94. The summed E-state index contributed by atoms with van der Waals surface area (Å²) in [4.78, 5) is 30.2. The minimum Gasteiger partial charge on any atom is -0.476 e. The maximum Gasteiger partial charge on any atom is 0.356 e. The summed E-state index contributed by atoms with van der Waals surface area (Å²) in [7, 11) is 1.98. The number of rotatable bonds is 6. The van der Waals surface area contributed by atoms with Crippen LogP contribution in [0.2, 0.25) is 0 Å². The molecule has 2 rings (SSSR count). The van der Waals surface area contributed by atoms with Crippen LogP contribution in [0.15, 0.2) is 30.7 Å². The zero-order valence-corrected chi connectivity index (χ0v) is 12.5. The van der Waals surface area contributed by atoms with E-state index >= 15 is 0 Å². The lowest BCUT2D eigenvalue weighted by Gasteiger charge is -2.13. The molecule has 0 aliphatic rings. The van der Waals surface area contributed by atoms with Gasteiger partial charge in [-0.05, 0) is 31.9 Å². The highest BCUT2D eigenvalue weighted by atomic mass is 16.4. The number of carboxylic acids is 1. The van der Waals surface area contributed by atoms with Crippen LogP contribution >= 0.6 is 0 Å². The van der Waals surface area contributed by atoms with Gasteiger partial charge in [-0.3, -0.25) is 4.79 Å². The standard InChI is InChI=1S/C15H18N4O3/c1-10(5-6-11-4-3-7-19(11)2)18-14(20)12-8-17-13(9-16-12)15(21)22/h3-4,7-10H,5-6H2,1-2H3,(H,18,20)(H,21,22). The number of aromatic nitrogens is 3. The van der Waals surface area contributed by atoms with Gasteiger partial charge in [0.2, 0.25) is 0 Å². The highest BCUT2D eigenvalue weighted by molar-refractivity contribution is 5.92. The number of nitrogens with one attached hydrogen (secondary N) is 1. The largest absolute Gasteiger partial charge is 0.476 e. The number of aryl methyl sites for hydroxylation is 2. The third-order valence-corrected chi connectivity index (χ3v) is 3.37. The average Bonchev–Trinajstić information content (AvgIpc) is 2.90. The molecule has 22 heavy (non-hydrogen) atoms. The SMILES string of the molecule is CC(CCc1cccn1C)NC(=O)c1cnc(C(=O)O)cn1. The summed E-state index contributed by atoms with van der Waals surface area (Å²) in [6.45, 7) is 1.92. The molecule has 116 valence electrons. The number of carboxylic acid groups (broad SMARTS) is 1. The van der Waals surface area contributed by atoms with E-state index in [1.807, 2.05) is 36.9 Å². The van der Waals surface area contributed by atoms with E-state index in [2.05, 4.69) is 15.3 Å². The summed E-state index contributed by atoms with van der Waals surface area (Å²) in [6.07, 6.45) is 5.88. The Labute approximate surface area is 128 Å². The number of aromatic carboxylic acids is 1. The average molecular weight is 302 g/mol. The number of carbonyl (C=O) groups is 2. The van der Waals surface area contributed by atoms with E-state index < -0.39 is 5.97 Å². The van der Waals surface area contributed by atoms with Crippen molar-refractivity contribution in [3.05, 3.63) is 47.8 Å². The molecule has 0 saturated carbocycles. The molecule has 7 nitrogen and oxygen atoms in total. The van der Waals surface area contributed by atoms with Crippen LogP contribution in [0.3, 0.4) is 0 Å². The van der Waals surface area contributed by atoms with Gasteiger partial charge in [0.1, 0.15) is 5.69 Å². The first kappa shape index (κ1) is 15.7. The molecule has 0 bridgehead atoms. The molecule has 2 heterocycles. The molecule has 2 aromatic rings. The predicted octanol–water partition coefficient (Wildman–Crippen LogP) is 1.26. The molecule has 0 aliphatic heterocycles. The van der Waals surface area contributed by atoms with Gasteiger partial charge >= 0.3 is 5.97 Å². The van der Waals surface area contributed by atoms with E-state index in [9.17, 15) is 9.59 Å². The van der Waals surface area contributed by atoms with Crippen molar-refractivity contribution in [1.82, 2.24) is 19.9 Å². The Morgan fingerprint density at radius 1 is 1.32 bits per heavy atom. The first-order valence-corrected chi connectivity index (χ1v) is 6.94. The Hall–Kier alpha value is -2.70. The molecular weight excluding hydrogens is 284 g/mol. The van der Waals surface area contributed by atoms with E-state index in [0.717, 1.165) is 19.0 Å². The van der Waals surface area contributed by atoms with Gasteiger partial charge < -0.3 is 15.0 Å². The predicted molar refractivity (Wildman–Crippen MR) is 79.7 cm³/mol. The van der Waals surface area contributed by atoms with E-state index in [-0.39, 0.29) is 23.3 Å². The number of amides is 1. The van der Waals surface area contributed by atoms with Gasteiger partial charge in [-0.25, -0.2) is 14.8 Å². The van der Waals surface area contributed by atoms with E-state index in [4.69, 9.17) is 5.11 Å². The van der Waals surface area contributed by atoms with Gasteiger partial charge in [0.15, 0.2) is 5.69 Å². The van der Waals surface area contributed by atoms with Crippen LogP contribution in [0.25, 0.3) is 0 Å². The lowest BCUT2D eigenvalue weighted by Crippen LogP contribution is -2.33. The summed E-state index contributed by atoms with van der Waals surface area (Å²) in [5.74, 6) is -1.53. The van der Waals surface area contributed by atoms with Crippen LogP contribution in [0, 0.1) is 0 Å². The fraction of sp³-hybridized carbons (Fsp3) is 0.333. The van der Waals surface area contributed by atoms with E-state index in [1.165, 1.54) is 11.9 Å². The second-order valence-corrected chi connectivity index (χ2v) is 5.12. The zero-order chi connectivity index (χ0) is 16.1. The molecule has 0 fully saturated rings. The second kappa shape index (κ2) is 6.84. The maximum atomic E-state index is 12.0. The summed E-state index contributed by atoms with van der Waals surface area (Å²) in [6, 6.07) is 4.01. The van der Waals surface area contributed by atoms with Crippen LogP contribution < -0.4 is 5.32 Å². The highest BCUT2D eigenvalue weighted by Gasteiger charge is 2.13. The van der Waals surface area contributed by atoms with Crippen molar-refractivity contribution in [2.45, 2.75) is 25.8 Å². The molecular formula is C15H18N4O3. The number of hydrogen-bond acceptors (Lipinski definition) is 4. The number of carbonyl (C=O) groups excluding carboxylic acids is 1. The monoisotopic (exact) mass is 302 g/mol. The lowest BCUT2D eigenvalue weighted by atomic mass is 10.1. The molecule has 0 aromatic carbocycles. The molecule has 1 unspecified atom stereocenters. The fourth-order valence-electron chi connectivity index (χ4n) is 2.05. The molecule has 7 heteroatoms. The minimum absolute atomic E-state index is 0.0247. The first-order chi connectivity index (χ1) is 10.5. The van der Waals surface area contributed by atoms with Gasteiger partial charge in [0.25, 0.3) is 5.91 Å². The number of nitrogens with zero attached hydrogens (tertiary/aromatic N) is 3. The van der Waals surface area contributed by atoms with Gasteiger partial charge in [0.05, 0.1) is 12.4 Å². The maximum absolute atomic E-state index is 12.0. The van der Waals surface area contributed by atoms with Crippen LogP contribution in [0.5, 0.6) is 0 Å². The number of hydrogen-bond donors (Lipinski definition) is 2. The van der Waals surface area contributed by atoms with Crippen LogP contribution in [0.4, 0.5) is 0 Å². The van der Waals surface area contributed by atoms with Crippen molar-refractivity contribution in [1.29, 1.82) is 0 Å². The molecule has 0 spiro atoms. The lowest BCUT2D eigenvalue weighted by molar-refractivity contribution is 0.0689. The Morgan fingerprint density at radius 3 is 2.55 bits per heavy atom. The Balaban J connectivity index is 1.88. The third kappa shape index (κ3) is 3.91. The Bertz CT molecular complexity index is 664. The second-order valence-electron chi connectivity index (χ2n) is 5.12. The molecule has 0 radical (unpaired) electrons. The molecule has 2 N–H and O–H groups in total. The van der Waals surface area contributed by atoms with Crippen molar-refractivity contribution in [3.63, 3.8) is 0 Å². The smallest absolute Gasteiger partial charge is 0.356 e. The minimum atomic E-state index is -1.17. The molecule has 2 aromatic heterocycles. The van der Waals surface area contributed by atoms with Gasteiger partial charge in [-0.2, -0.15) is 0 Å². The van der Waals surface area contributed by atoms with Crippen LogP contribution in [-0.2, 0) is 13.5 Å². The summed E-state index contributed by atoms with van der Waals surface area (Å²) < 4.78 is 2.05. The Kier molecular flexibility index (Phi) is 4.88. The normalized spacial score (nSPS) is 11.9. The molecule has 1 amide bonds. The Morgan fingerprint density at radius 2 is 2.00 bits per heavy atom. The van der Waals surface area contributed by atoms with Gasteiger partial charge in [-0.1, -0.05) is 0 Å².